The van der Waals surface area contributed by atoms with Gasteiger partial charge in [-0.2, -0.15) is 26.3 Å². The van der Waals surface area contributed by atoms with E-state index < -0.39 is 24.3 Å². The number of aliphatic carboxylic acids is 2. The molecule has 0 amide bonds. The van der Waals surface area contributed by atoms with Crippen LogP contribution < -0.4 is 10.1 Å². The van der Waals surface area contributed by atoms with E-state index in [1.807, 2.05) is 18.2 Å². The lowest BCUT2D eigenvalue weighted by Gasteiger charge is -2.47. The van der Waals surface area contributed by atoms with Crippen LogP contribution in [0.1, 0.15) is 19.3 Å². The third-order valence-electron chi connectivity index (χ3n) is 4.39. The second kappa shape index (κ2) is 11.9. The van der Waals surface area contributed by atoms with Crippen molar-refractivity contribution in [2.75, 3.05) is 26.3 Å². The van der Waals surface area contributed by atoms with Crippen molar-refractivity contribution in [2.45, 2.75) is 37.2 Å². The fraction of sp³-hybridized carbons (Fsp3) is 0.611. The maximum absolute atomic E-state index is 10.6. The Balaban J connectivity index is 0.000000305. The second-order valence-corrected chi connectivity index (χ2v) is 6.90. The average molecular weight is 476 g/mol. The number of carboxylic acid groups (broad SMARTS) is 2. The van der Waals surface area contributed by atoms with Crippen LogP contribution in [0.3, 0.4) is 0 Å². The first-order valence-electron chi connectivity index (χ1n) is 9.24. The first-order chi connectivity index (χ1) is 14.8. The highest BCUT2D eigenvalue weighted by Crippen LogP contribution is 2.33. The van der Waals surface area contributed by atoms with Gasteiger partial charge in [0.05, 0.1) is 12.2 Å². The monoisotopic (exact) mass is 476 g/mol. The summed E-state index contributed by atoms with van der Waals surface area (Å²) in [5.41, 5.74) is 0.147. The standard InChI is InChI=1S/C14H20N2O2.2C2HF3O2/c1-2-6-16-13(3-1)17-7-4-12-5-8-18-14(9-12)10-15-11-14;2*3-2(4,5)1(6)7/h1-3,6,12,15H,4-5,7-11H2;2*(H,6,7). The molecule has 2 fully saturated rings. The van der Waals surface area contributed by atoms with Crippen molar-refractivity contribution in [1.82, 2.24) is 10.3 Å². The molecule has 1 unspecified atom stereocenters. The van der Waals surface area contributed by atoms with Crippen molar-refractivity contribution in [3.63, 3.8) is 0 Å². The van der Waals surface area contributed by atoms with Crippen LogP contribution in [-0.2, 0) is 14.3 Å². The minimum Gasteiger partial charge on any atom is -0.478 e. The number of hydrogen-bond donors (Lipinski definition) is 3. The molecule has 1 aromatic rings. The van der Waals surface area contributed by atoms with Gasteiger partial charge >= 0.3 is 24.3 Å². The summed E-state index contributed by atoms with van der Waals surface area (Å²) in [6.07, 6.45) is -4.97. The van der Waals surface area contributed by atoms with E-state index >= 15 is 0 Å². The number of nitrogens with one attached hydrogen (secondary N) is 1. The number of rotatable bonds is 4. The van der Waals surface area contributed by atoms with Crippen LogP contribution in [0, 0.1) is 5.92 Å². The number of hydrogen-bond acceptors (Lipinski definition) is 6. The van der Waals surface area contributed by atoms with Gasteiger partial charge in [-0.05, 0) is 31.2 Å². The SMILES string of the molecule is O=C(O)C(F)(F)F.O=C(O)C(F)(F)F.c1ccc(OCCC2CCOC3(CNC3)C2)nc1. The van der Waals surface area contributed by atoms with E-state index in [-0.39, 0.29) is 5.60 Å². The molecule has 182 valence electrons. The van der Waals surface area contributed by atoms with Gasteiger partial charge in [-0.3, -0.25) is 0 Å². The molecule has 0 aliphatic carbocycles. The lowest BCUT2D eigenvalue weighted by Crippen LogP contribution is -2.63. The van der Waals surface area contributed by atoms with Crippen LogP contribution in [-0.4, -0.2) is 71.4 Å². The van der Waals surface area contributed by atoms with E-state index in [2.05, 4.69) is 10.3 Å². The van der Waals surface area contributed by atoms with Gasteiger partial charge in [-0.25, -0.2) is 14.6 Å². The first-order valence-corrected chi connectivity index (χ1v) is 9.24. The highest BCUT2D eigenvalue weighted by Gasteiger charge is 2.42. The largest absolute Gasteiger partial charge is 0.490 e. The normalized spacial score (nSPS) is 19.4. The molecule has 8 nitrogen and oxygen atoms in total. The van der Waals surface area contributed by atoms with Gasteiger partial charge in [0.2, 0.25) is 5.88 Å². The Morgan fingerprint density at radius 2 is 1.69 bits per heavy atom. The lowest BCUT2D eigenvalue weighted by molar-refractivity contribution is -0.193. The van der Waals surface area contributed by atoms with Crippen molar-refractivity contribution in [3.05, 3.63) is 24.4 Å². The van der Waals surface area contributed by atoms with Gasteiger partial charge in [0.15, 0.2) is 0 Å². The highest BCUT2D eigenvalue weighted by molar-refractivity contribution is 5.73. The van der Waals surface area contributed by atoms with Crippen LogP contribution in [0.5, 0.6) is 5.88 Å². The summed E-state index contributed by atoms with van der Waals surface area (Å²) in [5.74, 6) is -4.06. The van der Waals surface area contributed by atoms with Crippen molar-refractivity contribution in [3.8, 4) is 5.88 Å². The van der Waals surface area contributed by atoms with Crippen molar-refractivity contribution in [2.24, 2.45) is 5.92 Å². The third kappa shape index (κ3) is 10.1. The summed E-state index contributed by atoms with van der Waals surface area (Å²) in [4.78, 5) is 22.0. The summed E-state index contributed by atoms with van der Waals surface area (Å²) in [6.45, 7) is 3.69. The van der Waals surface area contributed by atoms with Crippen molar-refractivity contribution < 1.29 is 55.6 Å². The van der Waals surface area contributed by atoms with Crippen molar-refractivity contribution >= 4 is 11.9 Å². The van der Waals surface area contributed by atoms with Gasteiger partial charge in [0.1, 0.15) is 0 Å². The maximum Gasteiger partial charge on any atom is 0.490 e. The number of pyridine rings is 1. The Morgan fingerprint density at radius 1 is 1.12 bits per heavy atom. The van der Waals surface area contributed by atoms with E-state index in [0.717, 1.165) is 50.9 Å². The first kappa shape index (κ1) is 27.4. The van der Waals surface area contributed by atoms with Gasteiger partial charge in [-0.15, -0.1) is 0 Å². The fourth-order valence-corrected chi connectivity index (χ4v) is 2.79. The molecule has 3 rings (SSSR count). The van der Waals surface area contributed by atoms with E-state index in [1.165, 1.54) is 6.42 Å². The summed E-state index contributed by atoms with van der Waals surface area (Å²) >= 11 is 0. The Kier molecular flexibility index (Phi) is 10.2. The summed E-state index contributed by atoms with van der Waals surface area (Å²) in [6, 6.07) is 5.76. The van der Waals surface area contributed by atoms with Crippen LogP contribution in [0.2, 0.25) is 0 Å². The molecule has 1 aromatic heterocycles. The number of ether oxygens (including phenoxy) is 2. The van der Waals surface area contributed by atoms with E-state index in [4.69, 9.17) is 29.3 Å². The van der Waals surface area contributed by atoms with Crippen LogP contribution in [0.15, 0.2) is 24.4 Å². The van der Waals surface area contributed by atoms with Gasteiger partial charge in [-0.1, -0.05) is 6.07 Å². The van der Waals surface area contributed by atoms with Crippen molar-refractivity contribution in [1.29, 1.82) is 0 Å². The molecular weight excluding hydrogens is 454 g/mol. The molecule has 0 aromatic carbocycles. The van der Waals surface area contributed by atoms with Gasteiger partial charge < -0.3 is 25.0 Å². The lowest BCUT2D eigenvalue weighted by atomic mass is 9.80. The Hall–Kier alpha value is -2.61. The molecule has 3 heterocycles. The maximum atomic E-state index is 10.6. The number of aromatic nitrogens is 1. The molecule has 0 radical (unpaired) electrons. The quantitative estimate of drug-likeness (QED) is 0.568. The number of nitrogens with zero attached hydrogens (tertiary/aromatic N) is 1. The Morgan fingerprint density at radius 3 is 2.09 bits per heavy atom. The number of carbonyl (C=O) groups is 2. The average Bonchev–Trinajstić information content (AvgIpc) is 2.67. The molecule has 0 saturated carbocycles. The summed E-state index contributed by atoms with van der Waals surface area (Å²) in [5, 5.41) is 17.6. The number of carboxylic acids is 2. The summed E-state index contributed by atoms with van der Waals surface area (Å²) in [7, 11) is 0. The molecule has 1 atom stereocenters. The second-order valence-electron chi connectivity index (χ2n) is 6.90. The molecule has 2 aliphatic heterocycles. The molecule has 2 aliphatic rings. The van der Waals surface area contributed by atoms with Crippen LogP contribution >= 0.6 is 0 Å². The van der Waals surface area contributed by atoms with E-state index in [1.54, 1.807) is 6.20 Å². The Labute approximate surface area is 178 Å². The fourth-order valence-electron chi connectivity index (χ4n) is 2.79. The molecule has 14 heteroatoms. The van der Waals surface area contributed by atoms with E-state index in [9.17, 15) is 26.3 Å². The topological polar surface area (TPSA) is 118 Å². The summed E-state index contributed by atoms with van der Waals surface area (Å²) < 4.78 is 75.0. The number of halogens is 6. The van der Waals surface area contributed by atoms with E-state index in [0.29, 0.717) is 0 Å². The highest BCUT2D eigenvalue weighted by atomic mass is 19.4. The minimum atomic E-state index is -5.08. The van der Waals surface area contributed by atoms with Gasteiger partial charge in [0, 0.05) is 32.0 Å². The predicted octanol–water partition coefficient (Wildman–Crippen LogP) is 2.89. The van der Waals surface area contributed by atoms with Gasteiger partial charge in [0.25, 0.3) is 0 Å². The zero-order chi connectivity index (χ0) is 24.4. The Bertz CT molecular complexity index is 701. The molecule has 2 saturated heterocycles. The third-order valence-corrected chi connectivity index (χ3v) is 4.39. The smallest absolute Gasteiger partial charge is 0.478 e. The molecule has 3 N–H and O–H groups in total. The minimum absolute atomic E-state index is 0.147. The predicted molar refractivity (Wildman–Crippen MR) is 96.0 cm³/mol. The van der Waals surface area contributed by atoms with Crippen LogP contribution in [0.4, 0.5) is 26.3 Å². The zero-order valence-electron chi connectivity index (χ0n) is 16.6. The molecular formula is C18H22F6N2O6. The zero-order valence-corrected chi connectivity index (χ0v) is 16.6. The molecule has 1 spiro atoms. The van der Waals surface area contributed by atoms with Crippen LogP contribution in [0.25, 0.3) is 0 Å². The number of alkyl halides is 6. The molecule has 0 bridgehead atoms. The molecule has 32 heavy (non-hydrogen) atoms.